The van der Waals surface area contributed by atoms with Crippen molar-refractivity contribution in [1.29, 1.82) is 0 Å². The van der Waals surface area contributed by atoms with Gasteiger partial charge in [0.15, 0.2) is 0 Å². The van der Waals surface area contributed by atoms with Gasteiger partial charge in [-0.1, -0.05) is 6.07 Å². The molecule has 0 unspecified atom stereocenters. The zero-order valence-corrected chi connectivity index (χ0v) is 12.0. The molecule has 0 aliphatic carbocycles. The summed E-state index contributed by atoms with van der Waals surface area (Å²) in [6.45, 7) is 0. The van der Waals surface area contributed by atoms with Crippen LogP contribution < -0.4 is 5.32 Å². The summed E-state index contributed by atoms with van der Waals surface area (Å²) in [5.41, 5.74) is -0.0949. The molecular formula is C12H13NO7S. The lowest BCUT2D eigenvalue weighted by molar-refractivity contribution is -0.138. The van der Waals surface area contributed by atoms with Gasteiger partial charge in [-0.05, 0) is 18.2 Å². The number of rotatable bonds is 5. The molecule has 8 nitrogen and oxygen atoms in total. The third-order valence-electron chi connectivity index (χ3n) is 2.28. The molecule has 1 aromatic carbocycles. The van der Waals surface area contributed by atoms with Gasteiger partial charge in [0, 0.05) is 5.69 Å². The lowest BCUT2D eigenvalue weighted by atomic mass is 10.3. The zero-order valence-electron chi connectivity index (χ0n) is 11.2. The van der Waals surface area contributed by atoms with E-state index in [0.29, 0.717) is 0 Å². The van der Waals surface area contributed by atoms with Crippen LogP contribution in [0.25, 0.3) is 0 Å². The molecule has 2 N–H and O–H groups in total. The largest absolute Gasteiger partial charge is 0.466 e. The van der Waals surface area contributed by atoms with Crippen LogP contribution in [0.15, 0.2) is 40.9 Å². The molecule has 0 spiro atoms. The summed E-state index contributed by atoms with van der Waals surface area (Å²) >= 11 is 0. The fourth-order valence-electron chi connectivity index (χ4n) is 1.32. The maximum absolute atomic E-state index is 11.5. The topological polar surface area (TPSA) is 119 Å². The van der Waals surface area contributed by atoms with Crippen LogP contribution in [0.5, 0.6) is 0 Å². The molecule has 1 aromatic rings. The second-order valence-corrected chi connectivity index (χ2v) is 5.12. The molecule has 0 aromatic heterocycles. The summed E-state index contributed by atoms with van der Waals surface area (Å²) in [6.07, 6.45) is 0.853. The van der Waals surface area contributed by atoms with Crippen molar-refractivity contribution < 1.29 is 32.0 Å². The maximum atomic E-state index is 11.5. The molecule has 0 aliphatic heterocycles. The third-order valence-corrected chi connectivity index (χ3v) is 3.13. The van der Waals surface area contributed by atoms with E-state index in [1.165, 1.54) is 18.2 Å². The van der Waals surface area contributed by atoms with Gasteiger partial charge in [-0.25, -0.2) is 9.59 Å². The van der Waals surface area contributed by atoms with Gasteiger partial charge < -0.3 is 14.8 Å². The predicted octanol–water partition coefficient (Wildman–Crippen LogP) is 0.575. The summed E-state index contributed by atoms with van der Waals surface area (Å²) in [4.78, 5) is 22.3. The van der Waals surface area contributed by atoms with Gasteiger partial charge in [-0.3, -0.25) is 4.55 Å². The number of carbonyl (C=O) groups excluding carboxylic acids is 2. The Kier molecular flexibility index (Phi) is 5.44. The molecule has 0 amide bonds. The van der Waals surface area contributed by atoms with Gasteiger partial charge in [-0.2, -0.15) is 8.42 Å². The van der Waals surface area contributed by atoms with Crippen LogP contribution in [0.2, 0.25) is 0 Å². The van der Waals surface area contributed by atoms with Crippen LogP contribution >= 0.6 is 0 Å². The Balaban J connectivity index is 3.13. The molecule has 9 heteroatoms. The Labute approximate surface area is 121 Å². The number of esters is 2. The minimum Gasteiger partial charge on any atom is -0.466 e. The zero-order chi connectivity index (χ0) is 16.0. The van der Waals surface area contributed by atoms with E-state index in [1.54, 1.807) is 0 Å². The van der Waals surface area contributed by atoms with Crippen molar-refractivity contribution in [2.45, 2.75) is 4.90 Å². The standard InChI is InChI=1S/C12H13NO7S/c1-19-11(14)7-10(12(15)20-2)13-8-4-3-5-9(6-8)21(16,17)18/h3-7,13H,1-2H3,(H,16,17,18)/b10-7+. The SMILES string of the molecule is COC(=O)/C=C(/Nc1cccc(S(=O)(=O)O)c1)C(=O)OC. The molecule has 0 saturated carbocycles. The van der Waals surface area contributed by atoms with Crippen molar-refractivity contribution in [3.63, 3.8) is 0 Å². The summed E-state index contributed by atoms with van der Waals surface area (Å²) in [6, 6.07) is 5.03. The number of carbonyl (C=O) groups is 2. The molecule has 114 valence electrons. The van der Waals surface area contributed by atoms with Gasteiger partial charge in [0.25, 0.3) is 10.1 Å². The monoisotopic (exact) mass is 315 g/mol. The molecule has 0 fully saturated rings. The second kappa shape index (κ2) is 6.86. The number of nitrogens with one attached hydrogen (secondary N) is 1. The van der Waals surface area contributed by atoms with Crippen LogP contribution in [-0.2, 0) is 29.2 Å². The van der Waals surface area contributed by atoms with E-state index in [4.69, 9.17) is 4.55 Å². The first-order chi connectivity index (χ1) is 9.77. The molecule has 0 bridgehead atoms. The van der Waals surface area contributed by atoms with Crippen molar-refractivity contribution in [3.05, 3.63) is 36.0 Å². The fraction of sp³-hybridized carbons (Fsp3) is 0.167. The van der Waals surface area contributed by atoms with Gasteiger partial charge in [-0.15, -0.1) is 0 Å². The predicted molar refractivity (Wildman–Crippen MR) is 72.0 cm³/mol. The van der Waals surface area contributed by atoms with Crippen molar-refractivity contribution >= 4 is 27.7 Å². The average Bonchev–Trinajstić information content (AvgIpc) is 2.45. The van der Waals surface area contributed by atoms with Crippen molar-refractivity contribution in [2.24, 2.45) is 0 Å². The van der Waals surface area contributed by atoms with Gasteiger partial charge in [0.05, 0.1) is 25.2 Å². The molecule has 0 heterocycles. The Bertz CT molecular complexity index is 679. The molecule has 0 saturated heterocycles. The Hall–Kier alpha value is -2.39. The van der Waals surface area contributed by atoms with Gasteiger partial charge >= 0.3 is 11.9 Å². The summed E-state index contributed by atoms with van der Waals surface area (Å²) in [5.74, 6) is -1.65. The highest BCUT2D eigenvalue weighted by molar-refractivity contribution is 7.85. The first-order valence-electron chi connectivity index (χ1n) is 5.50. The lowest BCUT2D eigenvalue weighted by Gasteiger charge is -2.09. The quantitative estimate of drug-likeness (QED) is 0.460. The minimum absolute atomic E-state index is 0.158. The first kappa shape index (κ1) is 16.7. The lowest BCUT2D eigenvalue weighted by Crippen LogP contribution is -2.15. The van der Waals surface area contributed by atoms with Crippen molar-refractivity contribution in [1.82, 2.24) is 0 Å². The van der Waals surface area contributed by atoms with Crippen LogP contribution in [0.4, 0.5) is 5.69 Å². The van der Waals surface area contributed by atoms with Crippen LogP contribution in [0.1, 0.15) is 0 Å². The number of anilines is 1. The van der Waals surface area contributed by atoms with E-state index in [0.717, 1.165) is 26.4 Å². The second-order valence-electron chi connectivity index (χ2n) is 3.70. The molecule has 0 aliphatic rings. The molecule has 0 atom stereocenters. The van der Waals surface area contributed by atoms with E-state index in [1.807, 2.05) is 0 Å². The van der Waals surface area contributed by atoms with Gasteiger partial charge in [0.2, 0.25) is 0 Å². The summed E-state index contributed by atoms with van der Waals surface area (Å²) in [5, 5.41) is 2.52. The summed E-state index contributed by atoms with van der Waals surface area (Å²) < 4.78 is 39.9. The highest BCUT2D eigenvalue weighted by Gasteiger charge is 2.15. The van der Waals surface area contributed by atoms with E-state index >= 15 is 0 Å². The molecular weight excluding hydrogens is 302 g/mol. The van der Waals surface area contributed by atoms with Crippen molar-refractivity contribution in [2.75, 3.05) is 19.5 Å². The Morgan fingerprint density at radius 1 is 1.24 bits per heavy atom. The van der Waals surface area contributed by atoms with Crippen molar-refractivity contribution in [3.8, 4) is 0 Å². The number of ether oxygens (including phenoxy) is 2. The Morgan fingerprint density at radius 3 is 2.43 bits per heavy atom. The average molecular weight is 315 g/mol. The van der Waals surface area contributed by atoms with Gasteiger partial charge in [0.1, 0.15) is 5.70 Å². The van der Waals surface area contributed by atoms with Crippen LogP contribution in [0, 0.1) is 0 Å². The number of benzene rings is 1. The Morgan fingerprint density at radius 2 is 1.90 bits per heavy atom. The number of methoxy groups -OCH3 is 2. The summed E-state index contributed by atoms with van der Waals surface area (Å²) in [7, 11) is -2.14. The van der Waals surface area contributed by atoms with E-state index in [-0.39, 0.29) is 16.3 Å². The highest BCUT2D eigenvalue weighted by Crippen LogP contribution is 2.17. The maximum Gasteiger partial charge on any atom is 0.354 e. The first-order valence-corrected chi connectivity index (χ1v) is 6.94. The molecule has 1 rings (SSSR count). The number of hydrogen-bond acceptors (Lipinski definition) is 7. The smallest absolute Gasteiger partial charge is 0.354 e. The number of hydrogen-bond donors (Lipinski definition) is 2. The van der Waals surface area contributed by atoms with Crippen LogP contribution in [-0.4, -0.2) is 39.1 Å². The normalized spacial score (nSPS) is 11.7. The van der Waals surface area contributed by atoms with Crippen LogP contribution in [0.3, 0.4) is 0 Å². The van der Waals surface area contributed by atoms with E-state index < -0.39 is 22.1 Å². The van der Waals surface area contributed by atoms with E-state index in [2.05, 4.69) is 14.8 Å². The third kappa shape index (κ3) is 4.89. The molecule has 0 radical (unpaired) electrons. The fourth-order valence-corrected chi connectivity index (χ4v) is 1.85. The van der Waals surface area contributed by atoms with E-state index in [9.17, 15) is 18.0 Å². The molecule has 21 heavy (non-hydrogen) atoms. The minimum atomic E-state index is -4.38. The highest BCUT2D eigenvalue weighted by atomic mass is 32.2.